The smallest absolute Gasteiger partial charge is 0.258 e. The monoisotopic (exact) mass is 614 g/mol. The van der Waals surface area contributed by atoms with Gasteiger partial charge in [0.25, 0.3) is 5.91 Å². The van der Waals surface area contributed by atoms with Gasteiger partial charge in [-0.2, -0.15) is 0 Å². The molecule has 3 aromatic carbocycles. The van der Waals surface area contributed by atoms with Gasteiger partial charge < -0.3 is 5.32 Å². The first-order valence-electron chi connectivity index (χ1n) is 14.9. The van der Waals surface area contributed by atoms with E-state index in [1.54, 1.807) is 6.07 Å². The molecule has 0 aliphatic carbocycles. The molecule has 43 heavy (non-hydrogen) atoms. The molecule has 232 valence electrons. The van der Waals surface area contributed by atoms with Gasteiger partial charge >= 0.3 is 0 Å². The Morgan fingerprint density at radius 2 is 1.67 bits per heavy atom. The Balaban J connectivity index is 1.98. The van der Waals surface area contributed by atoms with Crippen molar-refractivity contribution < 1.29 is 18.0 Å². The van der Waals surface area contributed by atoms with E-state index in [9.17, 15) is 18.0 Å². The van der Waals surface area contributed by atoms with Crippen molar-refractivity contribution in [1.29, 1.82) is 0 Å². The molecule has 0 spiro atoms. The van der Waals surface area contributed by atoms with Gasteiger partial charge in [0.1, 0.15) is 5.82 Å². The second-order valence-corrected chi connectivity index (χ2v) is 11.2. The van der Waals surface area contributed by atoms with Crippen molar-refractivity contribution in [2.75, 3.05) is 13.6 Å². The van der Waals surface area contributed by atoms with E-state index in [2.05, 4.69) is 60.5 Å². The molecule has 2 atom stereocenters. The van der Waals surface area contributed by atoms with Crippen molar-refractivity contribution in [3.8, 4) is 0 Å². The Hall–Kier alpha value is -3.36. The minimum Gasteiger partial charge on any atom is -0.353 e. The van der Waals surface area contributed by atoms with Gasteiger partial charge in [-0.15, -0.1) is 0 Å². The molecule has 2 N–H and O–H groups in total. The second-order valence-electron chi connectivity index (χ2n) is 10.8. The lowest BCUT2D eigenvalue weighted by molar-refractivity contribution is 0.0974. The van der Waals surface area contributed by atoms with Crippen molar-refractivity contribution in [3.05, 3.63) is 106 Å². The fraction of sp³-hybridized carbons (Fsp3) is 0.412. The van der Waals surface area contributed by atoms with Crippen LogP contribution < -0.4 is 10.6 Å². The lowest BCUT2D eigenvalue weighted by atomic mass is 9.87. The number of amides is 1. The van der Waals surface area contributed by atoms with E-state index >= 15 is 0 Å². The highest BCUT2D eigenvalue weighted by Crippen LogP contribution is 2.29. The highest BCUT2D eigenvalue weighted by Gasteiger charge is 2.28. The lowest BCUT2D eigenvalue weighted by Crippen LogP contribution is -2.49. The molecule has 2 unspecified atom stereocenters. The number of hydrogen-bond acceptors (Lipinski definition) is 3. The third kappa shape index (κ3) is 10.1. The van der Waals surface area contributed by atoms with Crippen molar-refractivity contribution >= 4 is 23.5 Å². The van der Waals surface area contributed by atoms with Gasteiger partial charge in [0.15, 0.2) is 17.6 Å². The van der Waals surface area contributed by atoms with Crippen LogP contribution in [0.3, 0.4) is 0 Å². The summed E-state index contributed by atoms with van der Waals surface area (Å²) in [4.78, 5) is 20.2. The van der Waals surface area contributed by atoms with Crippen LogP contribution in [0.15, 0.2) is 71.7 Å². The number of hydrogen-bond donors (Lipinski definition) is 2. The first kappa shape index (κ1) is 34.1. The number of nitrogens with one attached hydrogen (secondary N) is 2. The van der Waals surface area contributed by atoms with Gasteiger partial charge in [0.05, 0.1) is 6.54 Å². The predicted molar refractivity (Wildman–Crippen MR) is 169 cm³/mol. The quantitative estimate of drug-likeness (QED) is 0.142. The van der Waals surface area contributed by atoms with Crippen LogP contribution in [0.5, 0.6) is 0 Å². The molecule has 9 heteroatoms. The number of unbranched alkanes of at least 4 members (excludes halogenated alkanes) is 1. The van der Waals surface area contributed by atoms with Crippen LogP contribution in [-0.2, 0) is 6.54 Å². The Kier molecular flexibility index (Phi) is 13.5. The van der Waals surface area contributed by atoms with Gasteiger partial charge in [0, 0.05) is 22.7 Å². The first-order chi connectivity index (χ1) is 20.7. The van der Waals surface area contributed by atoms with Gasteiger partial charge in [-0.25, -0.2) is 18.2 Å². The minimum absolute atomic E-state index is 0.0474. The van der Waals surface area contributed by atoms with E-state index in [0.29, 0.717) is 5.56 Å². The molecular weight excluding hydrogens is 573 g/mol. The van der Waals surface area contributed by atoms with E-state index in [0.717, 1.165) is 50.8 Å². The Bertz CT molecular complexity index is 1350. The number of aliphatic imine (C=N–C) groups is 1. The number of halogens is 4. The first-order valence-corrected chi connectivity index (χ1v) is 15.3. The van der Waals surface area contributed by atoms with Crippen molar-refractivity contribution in [2.45, 2.75) is 71.5 Å². The SMILES string of the molecule is CCCCN(C)C(CC(NC(=NCc1ccc(F)cc1Cl)NC(=O)c1ccc(F)c(F)c1)C(CC)CC)c1ccccc1. The molecule has 1 amide bonds. The van der Waals surface area contributed by atoms with E-state index in [4.69, 9.17) is 11.6 Å². The van der Waals surface area contributed by atoms with Gasteiger partial charge in [-0.3, -0.25) is 15.0 Å². The maximum absolute atomic E-state index is 13.9. The normalized spacial score (nSPS) is 13.3. The molecule has 0 saturated carbocycles. The summed E-state index contributed by atoms with van der Waals surface area (Å²) in [6.45, 7) is 7.44. The van der Waals surface area contributed by atoms with Gasteiger partial charge in [-0.05, 0) is 73.8 Å². The summed E-state index contributed by atoms with van der Waals surface area (Å²) in [6, 6.07) is 17.4. The molecular formula is C34H42ClF3N4O. The molecule has 0 bridgehead atoms. The van der Waals surface area contributed by atoms with Crippen LogP contribution in [0.2, 0.25) is 5.02 Å². The fourth-order valence-corrected chi connectivity index (χ4v) is 5.43. The highest BCUT2D eigenvalue weighted by atomic mass is 35.5. The summed E-state index contributed by atoms with van der Waals surface area (Å²) in [5.74, 6) is -2.84. The van der Waals surface area contributed by atoms with Crippen LogP contribution in [-0.4, -0.2) is 36.4 Å². The second kappa shape index (κ2) is 17.1. The van der Waals surface area contributed by atoms with Crippen LogP contribution in [0.25, 0.3) is 0 Å². The van der Waals surface area contributed by atoms with Crippen molar-refractivity contribution in [2.24, 2.45) is 10.9 Å². The summed E-state index contributed by atoms with van der Waals surface area (Å²) < 4.78 is 41.2. The Labute approximate surface area is 258 Å². The van der Waals surface area contributed by atoms with Gasteiger partial charge in [-0.1, -0.05) is 88.0 Å². The number of nitrogens with zero attached hydrogens (tertiary/aromatic N) is 2. The summed E-state index contributed by atoms with van der Waals surface area (Å²) in [5, 5.41) is 6.49. The molecule has 0 aliphatic heterocycles. The summed E-state index contributed by atoms with van der Waals surface area (Å²) >= 11 is 6.26. The summed E-state index contributed by atoms with van der Waals surface area (Å²) in [7, 11) is 2.13. The number of carbonyl (C=O) groups is 1. The average Bonchev–Trinajstić information content (AvgIpc) is 3.00. The summed E-state index contributed by atoms with van der Waals surface area (Å²) in [6.07, 6.45) is 4.66. The maximum atomic E-state index is 13.9. The number of guanidine groups is 1. The molecule has 5 nitrogen and oxygen atoms in total. The number of rotatable bonds is 14. The van der Waals surface area contributed by atoms with E-state index in [-0.39, 0.29) is 41.1 Å². The maximum Gasteiger partial charge on any atom is 0.258 e. The van der Waals surface area contributed by atoms with Crippen LogP contribution in [0.1, 0.15) is 80.4 Å². The van der Waals surface area contributed by atoms with Crippen LogP contribution in [0.4, 0.5) is 13.2 Å². The van der Waals surface area contributed by atoms with Gasteiger partial charge in [0.2, 0.25) is 0 Å². The zero-order chi connectivity index (χ0) is 31.4. The molecule has 0 fully saturated rings. The van der Waals surface area contributed by atoms with Crippen molar-refractivity contribution in [1.82, 2.24) is 15.5 Å². The molecule has 3 rings (SSSR count). The third-order valence-corrected chi connectivity index (χ3v) is 8.19. The van der Waals surface area contributed by atoms with Crippen LogP contribution in [0, 0.1) is 23.4 Å². The minimum atomic E-state index is -1.12. The fourth-order valence-electron chi connectivity index (χ4n) is 5.20. The Morgan fingerprint density at radius 1 is 0.953 bits per heavy atom. The molecule has 3 aromatic rings. The van der Waals surface area contributed by atoms with E-state index < -0.39 is 23.4 Å². The molecule has 0 heterocycles. The molecule has 0 aliphatic rings. The number of benzene rings is 3. The largest absolute Gasteiger partial charge is 0.353 e. The standard InChI is InChI=1S/C34H42ClF3N4O/c1-5-8-18-42(4)32(24-12-10-9-11-13-24)21-31(23(6-2)7-3)40-34(39-22-26-14-16-27(36)20-28(26)35)41-33(43)25-15-17-29(37)30(38)19-25/h9-17,19-20,23,31-32H,5-8,18,21-22H2,1-4H3,(H2,39,40,41,43). The van der Waals surface area contributed by atoms with Crippen LogP contribution >= 0.6 is 11.6 Å². The zero-order valence-electron chi connectivity index (χ0n) is 25.3. The lowest BCUT2D eigenvalue weighted by Gasteiger charge is -2.35. The highest BCUT2D eigenvalue weighted by molar-refractivity contribution is 6.31. The molecule has 0 radical (unpaired) electrons. The zero-order valence-corrected chi connectivity index (χ0v) is 26.1. The third-order valence-electron chi connectivity index (χ3n) is 7.83. The topological polar surface area (TPSA) is 56.7 Å². The number of carbonyl (C=O) groups excluding carboxylic acids is 1. The average molecular weight is 615 g/mol. The van der Waals surface area contributed by atoms with E-state index in [1.165, 1.54) is 23.8 Å². The van der Waals surface area contributed by atoms with Crippen molar-refractivity contribution in [3.63, 3.8) is 0 Å². The summed E-state index contributed by atoms with van der Waals surface area (Å²) in [5.41, 5.74) is 1.72. The Morgan fingerprint density at radius 3 is 2.30 bits per heavy atom. The predicted octanol–water partition coefficient (Wildman–Crippen LogP) is 8.30. The molecule has 0 aromatic heterocycles. The van der Waals surface area contributed by atoms with E-state index in [1.807, 2.05) is 18.2 Å². The molecule has 0 saturated heterocycles.